The molecule has 0 heterocycles. The zero-order valence-corrected chi connectivity index (χ0v) is 11.2. The second kappa shape index (κ2) is 6.26. The zero-order valence-electron chi connectivity index (χ0n) is 11.2. The molecule has 0 aromatic heterocycles. The van der Waals surface area contributed by atoms with Crippen molar-refractivity contribution in [2.75, 3.05) is 0 Å². The summed E-state index contributed by atoms with van der Waals surface area (Å²) in [7, 11) is 0. The molecule has 1 atom stereocenters. The second-order valence-corrected chi connectivity index (χ2v) is 4.94. The first-order valence-electron chi connectivity index (χ1n) is 6.37. The molecule has 0 saturated carbocycles. The fraction of sp³-hybridized carbons (Fsp3) is 0.500. The second-order valence-electron chi connectivity index (χ2n) is 4.94. The summed E-state index contributed by atoms with van der Waals surface area (Å²) in [4.78, 5) is 11.3. The van der Waals surface area contributed by atoms with Gasteiger partial charge in [0.1, 0.15) is 5.54 Å². The molecule has 1 aromatic carbocycles. The molecule has 0 aliphatic heterocycles. The fourth-order valence-electron chi connectivity index (χ4n) is 1.94. The minimum absolute atomic E-state index is 0.0144. The van der Waals surface area contributed by atoms with E-state index in [1.807, 2.05) is 6.92 Å². The van der Waals surface area contributed by atoms with Gasteiger partial charge in [0.15, 0.2) is 0 Å². The van der Waals surface area contributed by atoms with Crippen LogP contribution in [0.4, 0.5) is 13.2 Å². The Morgan fingerprint density at radius 1 is 1.25 bits per heavy atom. The van der Waals surface area contributed by atoms with E-state index in [9.17, 15) is 23.1 Å². The van der Waals surface area contributed by atoms with E-state index in [-0.39, 0.29) is 6.42 Å². The molecule has 6 heteroatoms. The largest absolute Gasteiger partial charge is 0.480 e. The maximum absolute atomic E-state index is 12.4. The van der Waals surface area contributed by atoms with Crippen LogP contribution < -0.4 is 5.73 Å². The highest BCUT2D eigenvalue weighted by Crippen LogP contribution is 2.29. The van der Waals surface area contributed by atoms with E-state index >= 15 is 0 Å². The van der Waals surface area contributed by atoms with Gasteiger partial charge in [0.2, 0.25) is 0 Å². The van der Waals surface area contributed by atoms with Crippen LogP contribution >= 0.6 is 0 Å². The van der Waals surface area contributed by atoms with Gasteiger partial charge < -0.3 is 10.8 Å². The average molecular weight is 289 g/mol. The Balaban J connectivity index is 2.87. The number of carbonyl (C=O) groups is 1. The van der Waals surface area contributed by atoms with Crippen molar-refractivity contribution in [3.8, 4) is 0 Å². The number of carboxylic acids is 1. The highest BCUT2D eigenvalue weighted by molar-refractivity contribution is 5.78. The van der Waals surface area contributed by atoms with Crippen molar-refractivity contribution in [3.05, 3.63) is 35.4 Å². The van der Waals surface area contributed by atoms with Gasteiger partial charge in [0.25, 0.3) is 0 Å². The third kappa shape index (κ3) is 4.23. The van der Waals surface area contributed by atoms with Crippen molar-refractivity contribution in [2.24, 2.45) is 5.73 Å². The van der Waals surface area contributed by atoms with Crippen molar-refractivity contribution in [3.63, 3.8) is 0 Å². The average Bonchev–Trinajstić information content (AvgIpc) is 2.35. The Hall–Kier alpha value is -1.56. The summed E-state index contributed by atoms with van der Waals surface area (Å²) in [5.74, 6) is -1.13. The van der Waals surface area contributed by atoms with Crippen LogP contribution in [0.2, 0.25) is 0 Å². The van der Waals surface area contributed by atoms with Crippen LogP contribution in [0.1, 0.15) is 37.3 Å². The van der Waals surface area contributed by atoms with E-state index in [2.05, 4.69) is 0 Å². The number of rotatable bonds is 6. The van der Waals surface area contributed by atoms with Gasteiger partial charge in [-0.3, -0.25) is 4.79 Å². The minimum Gasteiger partial charge on any atom is -0.480 e. The van der Waals surface area contributed by atoms with Crippen LogP contribution in [0.3, 0.4) is 0 Å². The number of carboxylic acid groups (broad SMARTS) is 1. The number of nitrogens with two attached hydrogens (primary N) is 1. The lowest BCUT2D eigenvalue weighted by Crippen LogP contribution is -2.49. The Morgan fingerprint density at radius 2 is 1.80 bits per heavy atom. The van der Waals surface area contributed by atoms with Gasteiger partial charge in [0, 0.05) is 6.42 Å². The minimum atomic E-state index is -4.40. The zero-order chi connectivity index (χ0) is 15.4. The first-order chi connectivity index (χ1) is 9.19. The van der Waals surface area contributed by atoms with Gasteiger partial charge in [-0.15, -0.1) is 0 Å². The van der Waals surface area contributed by atoms with E-state index in [0.717, 1.165) is 18.6 Å². The number of hydrogen-bond donors (Lipinski definition) is 2. The van der Waals surface area contributed by atoms with Crippen LogP contribution in [0.5, 0.6) is 0 Å². The molecule has 0 saturated heterocycles. The Bertz CT molecular complexity index is 456. The number of hydrogen-bond acceptors (Lipinski definition) is 2. The van der Waals surface area contributed by atoms with Gasteiger partial charge in [-0.25, -0.2) is 0 Å². The van der Waals surface area contributed by atoms with E-state index < -0.39 is 23.2 Å². The molecule has 112 valence electrons. The van der Waals surface area contributed by atoms with Crippen molar-refractivity contribution in [2.45, 2.75) is 44.3 Å². The van der Waals surface area contributed by atoms with Crippen molar-refractivity contribution < 1.29 is 23.1 Å². The summed E-state index contributed by atoms with van der Waals surface area (Å²) in [6.07, 6.45) is -2.63. The molecule has 0 aliphatic carbocycles. The molecule has 0 radical (unpaired) electrons. The SMILES string of the molecule is CCCC[C@@](N)(Cc1ccc(C(F)(F)F)cc1)C(=O)O. The molecule has 0 fully saturated rings. The quantitative estimate of drug-likeness (QED) is 0.845. The van der Waals surface area contributed by atoms with E-state index in [4.69, 9.17) is 5.73 Å². The predicted octanol–water partition coefficient (Wildman–Crippen LogP) is 3.22. The number of aliphatic carboxylic acids is 1. The van der Waals surface area contributed by atoms with Gasteiger partial charge >= 0.3 is 12.1 Å². The summed E-state index contributed by atoms with van der Waals surface area (Å²) < 4.78 is 37.3. The number of unbranched alkanes of at least 4 members (excludes halogenated alkanes) is 1. The molecular weight excluding hydrogens is 271 g/mol. The Kier molecular flexibility index (Phi) is 5.16. The molecule has 0 spiro atoms. The summed E-state index contributed by atoms with van der Waals surface area (Å²) >= 11 is 0. The van der Waals surface area contributed by atoms with Gasteiger partial charge in [-0.05, 0) is 24.1 Å². The predicted molar refractivity (Wildman–Crippen MR) is 69.2 cm³/mol. The molecule has 0 unspecified atom stereocenters. The normalized spacial score (nSPS) is 14.8. The van der Waals surface area contributed by atoms with Crippen molar-refractivity contribution in [1.29, 1.82) is 0 Å². The van der Waals surface area contributed by atoms with Crippen molar-refractivity contribution >= 4 is 5.97 Å². The Morgan fingerprint density at radius 3 is 2.20 bits per heavy atom. The van der Waals surface area contributed by atoms with Crippen LogP contribution in [-0.4, -0.2) is 16.6 Å². The standard InChI is InChI=1S/C14H18F3NO2/c1-2-3-8-13(18,12(19)20)9-10-4-6-11(7-5-10)14(15,16)17/h4-7H,2-3,8-9,18H2,1H3,(H,19,20)/t13-/m1/s1. The molecule has 3 N–H and O–H groups in total. The summed E-state index contributed by atoms with van der Waals surface area (Å²) in [6.45, 7) is 1.92. The summed E-state index contributed by atoms with van der Waals surface area (Å²) in [6, 6.07) is 4.44. The molecule has 3 nitrogen and oxygen atoms in total. The molecule has 0 bridgehead atoms. The highest BCUT2D eigenvalue weighted by Gasteiger charge is 2.34. The van der Waals surface area contributed by atoms with Crippen LogP contribution in [0.25, 0.3) is 0 Å². The van der Waals surface area contributed by atoms with E-state index in [1.165, 1.54) is 12.1 Å². The van der Waals surface area contributed by atoms with E-state index in [1.54, 1.807) is 0 Å². The maximum Gasteiger partial charge on any atom is 0.416 e. The molecular formula is C14H18F3NO2. The first kappa shape index (κ1) is 16.5. The molecule has 20 heavy (non-hydrogen) atoms. The monoisotopic (exact) mass is 289 g/mol. The van der Waals surface area contributed by atoms with Gasteiger partial charge in [0.05, 0.1) is 5.56 Å². The number of halogens is 3. The van der Waals surface area contributed by atoms with Crippen LogP contribution in [-0.2, 0) is 17.4 Å². The first-order valence-corrected chi connectivity index (χ1v) is 6.37. The highest BCUT2D eigenvalue weighted by atomic mass is 19.4. The summed E-state index contributed by atoms with van der Waals surface area (Å²) in [5.41, 5.74) is 4.15. The summed E-state index contributed by atoms with van der Waals surface area (Å²) in [5, 5.41) is 9.20. The molecule has 0 amide bonds. The fourth-order valence-corrected chi connectivity index (χ4v) is 1.94. The topological polar surface area (TPSA) is 63.3 Å². The lowest BCUT2D eigenvalue weighted by atomic mass is 9.86. The maximum atomic E-state index is 12.4. The smallest absolute Gasteiger partial charge is 0.416 e. The third-order valence-electron chi connectivity index (χ3n) is 3.20. The van der Waals surface area contributed by atoms with E-state index in [0.29, 0.717) is 18.4 Å². The van der Waals surface area contributed by atoms with Gasteiger partial charge in [-0.2, -0.15) is 13.2 Å². The van der Waals surface area contributed by atoms with Gasteiger partial charge in [-0.1, -0.05) is 31.9 Å². The molecule has 1 aromatic rings. The molecule has 0 aliphatic rings. The lowest BCUT2D eigenvalue weighted by Gasteiger charge is -2.24. The van der Waals surface area contributed by atoms with Crippen molar-refractivity contribution in [1.82, 2.24) is 0 Å². The number of benzene rings is 1. The van der Waals surface area contributed by atoms with Crippen LogP contribution in [0.15, 0.2) is 24.3 Å². The Labute approximate surface area is 115 Å². The number of alkyl halides is 3. The lowest BCUT2D eigenvalue weighted by molar-refractivity contribution is -0.143. The third-order valence-corrected chi connectivity index (χ3v) is 3.20. The van der Waals surface area contributed by atoms with Crippen LogP contribution in [0, 0.1) is 0 Å². The molecule has 1 rings (SSSR count).